The van der Waals surface area contributed by atoms with Crippen molar-refractivity contribution in [2.24, 2.45) is 5.41 Å². The molecule has 0 radical (unpaired) electrons. The highest BCUT2D eigenvalue weighted by Gasteiger charge is 2.36. The Balaban J connectivity index is 1.99. The van der Waals surface area contributed by atoms with Gasteiger partial charge in [-0.1, -0.05) is 12.5 Å². The van der Waals surface area contributed by atoms with E-state index < -0.39 is 0 Å². The van der Waals surface area contributed by atoms with Crippen molar-refractivity contribution >= 4 is 0 Å². The van der Waals surface area contributed by atoms with Gasteiger partial charge >= 0.3 is 0 Å². The number of nitrogens with one attached hydrogen (secondary N) is 1. The van der Waals surface area contributed by atoms with Crippen molar-refractivity contribution < 1.29 is 4.74 Å². The lowest BCUT2D eigenvalue weighted by molar-refractivity contribution is 0.206. The first-order valence-corrected chi connectivity index (χ1v) is 6.86. The summed E-state index contributed by atoms with van der Waals surface area (Å²) in [5.74, 6) is 0.926. The molecule has 0 aliphatic heterocycles. The minimum atomic E-state index is -0.118. The lowest BCUT2D eigenvalue weighted by Gasteiger charge is -2.35. The van der Waals surface area contributed by atoms with Crippen molar-refractivity contribution in [3.05, 3.63) is 28.8 Å². The largest absolute Gasteiger partial charge is 0.496 e. The summed E-state index contributed by atoms with van der Waals surface area (Å²) in [4.78, 5) is 0. The number of nitrogens with zero attached hydrogens (tertiary/aromatic N) is 1. The fourth-order valence-corrected chi connectivity index (χ4v) is 2.55. The lowest BCUT2D eigenvalue weighted by atomic mass is 9.70. The van der Waals surface area contributed by atoms with Gasteiger partial charge in [-0.05, 0) is 43.9 Å². The average molecular weight is 258 g/mol. The summed E-state index contributed by atoms with van der Waals surface area (Å²) in [5.41, 5.74) is 3.56. The minimum absolute atomic E-state index is 0.118. The molecule has 0 saturated heterocycles. The van der Waals surface area contributed by atoms with Crippen molar-refractivity contribution in [1.82, 2.24) is 5.32 Å². The number of benzene rings is 1. The number of hydrogen-bond donors (Lipinski definition) is 1. The zero-order chi connectivity index (χ0) is 13.9. The van der Waals surface area contributed by atoms with Crippen molar-refractivity contribution in [3.63, 3.8) is 0 Å². The number of ether oxygens (including phenoxy) is 1. The summed E-state index contributed by atoms with van der Waals surface area (Å²) < 4.78 is 5.43. The van der Waals surface area contributed by atoms with E-state index in [1.165, 1.54) is 17.5 Å². The van der Waals surface area contributed by atoms with Gasteiger partial charge in [-0.15, -0.1) is 0 Å². The zero-order valence-electron chi connectivity index (χ0n) is 12.0. The second kappa shape index (κ2) is 5.63. The van der Waals surface area contributed by atoms with Gasteiger partial charge in [0.25, 0.3) is 0 Å². The fraction of sp³-hybridized carbons (Fsp3) is 0.562. The molecule has 0 unspecified atom stereocenters. The van der Waals surface area contributed by atoms with Crippen LogP contribution in [0.15, 0.2) is 12.1 Å². The lowest BCUT2D eigenvalue weighted by Crippen LogP contribution is -2.38. The Morgan fingerprint density at radius 1 is 1.32 bits per heavy atom. The Bertz CT molecular complexity index is 498. The maximum absolute atomic E-state index is 9.20. The van der Waals surface area contributed by atoms with Crippen LogP contribution < -0.4 is 10.1 Å². The van der Waals surface area contributed by atoms with Gasteiger partial charge in [0.05, 0.1) is 18.6 Å². The van der Waals surface area contributed by atoms with E-state index in [4.69, 9.17) is 4.74 Å². The van der Waals surface area contributed by atoms with E-state index in [2.05, 4.69) is 37.4 Å². The van der Waals surface area contributed by atoms with E-state index in [-0.39, 0.29) is 5.41 Å². The molecule has 1 N–H and O–H groups in total. The Labute approximate surface area is 115 Å². The van der Waals surface area contributed by atoms with Crippen LogP contribution in [0.2, 0.25) is 0 Å². The Morgan fingerprint density at radius 3 is 2.53 bits per heavy atom. The van der Waals surface area contributed by atoms with Gasteiger partial charge in [0.2, 0.25) is 0 Å². The first-order valence-electron chi connectivity index (χ1n) is 6.86. The summed E-state index contributed by atoms with van der Waals surface area (Å²) in [6.45, 7) is 5.74. The predicted molar refractivity (Wildman–Crippen MR) is 76.1 cm³/mol. The monoisotopic (exact) mass is 258 g/mol. The number of nitriles is 1. The minimum Gasteiger partial charge on any atom is -0.496 e. The molecule has 1 aromatic carbocycles. The van der Waals surface area contributed by atoms with Gasteiger partial charge in [0, 0.05) is 18.7 Å². The zero-order valence-corrected chi connectivity index (χ0v) is 12.0. The molecule has 0 bridgehead atoms. The highest BCUT2D eigenvalue weighted by molar-refractivity contribution is 5.41. The fourth-order valence-electron chi connectivity index (χ4n) is 2.55. The summed E-state index contributed by atoms with van der Waals surface area (Å²) >= 11 is 0. The summed E-state index contributed by atoms with van der Waals surface area (Å²) in [5, 5.41) is 12.6. The molecule has 19 heavy (non-hydrogen) atoms. The molecule has 0 amide bonds. The third-order valence-corrected chi connectivity index (χ3v) is 4.22. The number of hydrogen-bond acceptors (Lipinski definition) is 3. The topological polar surface area (TPSA) is 45.0 Å². The second-order valence-corrected chi connectivity index (χ2v) is 5.60. The Morgan fingerprint density at radius 2 is 2.00 bits per heavy atom. The van der Waals surface area contributed by atoms with Gasteiger partial charge in [0.15, 0.2) is 0 Å². The normalized spacial score (nSPS) is 16.5. The molecule has 3 nitrogen and oxygen atoms in total. The predicted octanol–water partition coefficient (Wildman–Crippen LogP) is 3.10. The van der Waals surface area contributed by atoms with E-state index in [0.29, 0.717) is 0 Å². The van der Waals surface area contributed by atoms with Crippen LogP contribution in [0.5, 0.6) is 5.75 Å². The van der Waals surface area contributed by atoms with Gasteiger partial charge in [-0.25, -0.2) is 0 Å². The van der Waals surface area contributed by atoms with Crippen molar-refractivity contribution in [2.75, 3.05) is 13.7 Å². The molecule has 0 aromatic heterocycles. The Kier molecular flexibility index (Phi) is 4.11. The first kappa shape index (κ1) is 13.9. The van der Waals surface area contributed by atoms with Crippen molar-refractivity contribution in [3.8, 4) is 11.8 Å². The molecule has 1 fully saturated rings. The first-order chi connectivity index (χ1) is 9.10. The maximum Gasteiger partial charge on any atom is 0.123 e. The number of methoxy groups -OCH3 is 1. The smallest absolute Gasteiger partial charge is 0.123 e. The molecule has 2 rings (SSSR count). The average Bonchev–Trinajstić information content (AvgIpc) is 2.36. The quantitative estimate of drug-likeness (QED) is 0.882. The van der Waals surface area contributed by atoms with Crippen LogP contribution in [-0.2, 0) is 6.54 Å². The van der Waals surface area contributed by atoms with Crippen LogP contribution in [0.1, 0.15) is 36.0 Å². The molecule has 3 heteroatoms. The third kappa shape index (κ3) is 2.90. The van der Waals surface area contributed by atoms with Crippen LogP contribution in [0.3, 0.4) is 0 Å². The van der Waals surface area contributed by atoms with E-state index in [9.17, 15) is 5.26 Å². The summed E-state index contributed by atoms with van der Waals surface area (Å²) in [6, 6.07) is 6.70. The number of aryl methyl sites for hydroxylation is 2. The van der Waals surface area contributed by atoms with E-state index in [0.717, 1.165) is 37.2 Å². The number of rotatable bonds is 5. The van der Waals surface area contributed by atoms with Gasteiger partial charge in [-0.2, -0.15) is 5.26 Å². The molecule has 1 aromatic rings. The third-order valence-electron chi connectivity index (χ3n) is 4.22. The molecule has 1 aliphatic rings. The summed E-state index contributed by atoms with van der Waals surface area (Å²) in [6.07, 6.45) is 3.24. The van der Waals surface area contributed by atoms with Gasteiger partial charge in [-0.3, -0.25) is 0 Å². The van der Waals surface area contributed by atoms with E-state index >= 15 is 0 Å². The van der Waals surface area contributed by atoms with Crippen molar-refractivity contribution in [2.45, 2.75) is 39.7 Å². The molecule has 0 atom stereocenters. The van der Waals surface area contributed by atoms with Gasteiger partial charge in [0.1, 0.15) is 5.75 Å². The van der Waals surface area contributed by atoms with Gasteiger partial charge < -0.3 is 10.1 Å². The summed E-state index contributed by atoms with van der Waals surface area (Å²) in [7, 11) is 1.70. The van der Waals surface area contributed by atoms with E-state index in [1.807, 2.05) is 0 Å². The second-order valence-electron chi connectivity index (χ2n) is 5.60. The highest BCUT2D eigenvalue weighted by atomic mass is 16.5. The van der Waals surface area contributed by atoms with E-state index in [1.54, 1.807) is 7.11 Å². The molecule has 102 valence electrons. The van der Waals surface area contributed by atoms with Crippen LogP contribution in [0.4, 0.5) is 0 Å². The van der Waals surface area contributed by atoms with Crippen LogP contribution in [-0.4, -0.2) is 13.7 Å². The highest BCUT2D eigenvalue weighted by Crippen LogP contribution is 2.39. The van der Waals surface area contributed by atoms with Crippen molar-refractivity contribution in [1.29, 1.82) is 5.26 Å². The molecule has 0 heterocycles. The van der Waals surface area contributed by atoms with Crippen LogP contribution in [0.25, 0.3) is 0 Å². The molecule has 0 spiro atoms. The molecule has 1 saturated carbocycles. The van der Waals surface area contributed by atoms with Crippen LogP contribution >= 0.6 is 0 Å². The SMILES string of the molecule is COc1cc(C)c(C)cc1CNCC1(C#N)CCC1. The Hall–Kier alpha value is -1.53. The standard InChI is InChI=1S/C16H22N2O/c1-12-7-14(15(19-3)8-13(12)2)9-18-11-16(10-17)5-4-6-16/h7-8,18H,4-6,9,11H2,1-3H3. The van der Waals surface area contributed by atoms with Crippen LogP contribution in [0, 0.1) is 30.6 Å². The maximum atomic E-state index is 9.20. The molecular weight excluding hydrogens is 236 g/mol. The molecule has 1 aliphatic carbocycles. The molecular formula is C16H22N2O.